The lowest BCUT2D eigenvalue weighted by Gasteiger charge is -2.06. The van der Waals surface area contributed by atoms with Crippen LogP contribution in [0.2, 0.25) is 0 Å². The summed E-state index contributed by atoms with van der Waals surface area (Å²) in [5.41, 5.74) is 2.52. The number of oxazole rings is 1. The average Bonchev–Trinajstić information content (AvgIpc) is 3.32. The molecule has 0 atom stereocenters. The van der Waals surface area contributed by atoms with E-state index in [4.69, 9.17) is 8.94 Å². The number of alkyl halides is 3. The maximum absolute atomic E-state index is 12.8. The van der Waals surface area contributed by atoms with Crippen molar-refractivity contribution in [3.8, 4) is 11.5 Å². The Morgan fingerprint density at radius 3 is 2.53 bits per heavy atom. The first-order chi connectivity index (χ1) is 16.1. The average molecular weight is 471 g/mol. The summed E-state index contributed by atoms with van der Waals surface area (Å²) in [6, 6.07) is 12.4. The molecular formula is C24H20F3N3O4. The molecule has 4 rings (SSSR count). The first kappa shape index (κ1) is 23.1. The molecule has 2 aromatic carbocycles. The van der Waals surface area contributed by atoms with E-state index in [0.717, 1.165) is 33.6 Å². The number of hydrogen-bond acceptors (Lipinski definition) is 5. The van der Waals surface area contributed by atoms with Crippen LogP contribution in [0, 0.1) is 6.92 Å². The molecule has 4 aromatic rings. The molecule has 0 saturated heterocycles. The monoisotopic (exact) mass is 471 g/mol. The molecule has 0 aliphatic rings. The lowest BCUT2D eigenvalue weighted by molar-refractivity contribution is -0.137. The molecule has 0 aliphatic carbocycles. The zero-order chi connectivity index (χ0) is 24.5. The van der Waals surface area contributed by atoms with Crippen LogP contribution >= 0.6 is 0 Å². The van der Waals surface area contributed by atoms with E-state index < -0.39 is 23.2 Å². The third-order valence-corrected chi connectivity index (χ3v) is 5.30. The highest BCUT2D eigenvalue weighted by Gasteiger charge is 2.30. The summed E-state index contributed by atoms with van der Waals surface area (Å²) in [6.07, 6.45) is -2.18. The van der Waals surface area contributed by atoms with E-state index >= 15 is 0 Å². The van der Waals surface area contributed by atoms with Gasteiger partial charge in [0.15, 0.2) is 0 Å². The second-order valence-corrected chi connectivity index (χ2v) is 7.73. The predicted molar refractivity (Wildman–Crippen MR) is 118 cm³/mol. The molecule has 0 spiro atoms. The van der Waals surface area contributed by atoms with Gasteiger partial charge < -0.3 is 8.94 Å². The Labute approximate surface area is 191 Å². The van der Waals surface area contributed by atoms with Crippen molar-refractivity contribution in [3.63, 3.8) is 0 Å². The lowest BCUT2D eigenvalue weighted by Crippen LogP contribution is -2.15. The molecule has 176 valence electrons. The first-order valence-corrected chi connectivity index (χ1v) is 10.3. The number of H-pyrrole nitrogens is 1. The van der Waals surface area contributed by atoms with Crippen molar-refractivity contribution in [1.29, 1.82) is 0 Å². The van der Waals surface area contributed by atoms with Crippen molar-refractivity contribution in [1.82, 2.24) is 14.7 Å². The van der Waals surface area contributed by atoms with Gasteiger partial charge >= 0.3 is 17.6 Å². The second-order valence-electron chi connectivity index (χ2n) is 7.73. The molecule has 0 radical (unpaired) electrons. The van der Waals surface area contributed by atoms with E-state index in [0.29, 0.717) is 23.4 Å². The Morgan fingerprint density at radius 2 is 1.88 bits per heavy atom. The van der Waals surface area contributed by atoms with E-state index in [1.807, 2.05) is 36.2 Å². The van der Waals surface area contributed by atoms with E-state index in [-0.39, 0.29) is 12.4 Å². The highest BCUT2D eigenvalue weighted by Crippen LogP contribution is 2.31. The van der Waals surface area contributed by atoms with Crippen LogP contribution in [0.1, 0.15) is 35.1 Å². The molecule has 2 aromatic heterocycles. The Bertz CT molecular complexity index is 1450. The van der Waals surface area contributed by atoms with Gasteiger partial charge in [-0.15, -0.1) is 4.74 Å². The molecule has 0 aliphatic heterocycles. The minimum atomic E-state index is -4.40. The zero-order valence-electron chi connectivity index (χ0n) is 18.3. The number of nitrogens with zero attached hydrogens (tertiary/aromatic N) is 2. The Morgan fingerprint density at radius 1 is 1.15 bits per heavy atom. The number of allylic oxidation sites excluding steroid dienone is 2. The van der Waals surface area contributed by atoms with Crippen molar-refractivity contribution < 1.29 is 22.1 Å². The molecule has 7 nitrogen and oxygen atoms in total. The number of aromatic amines is 1. The van der Waals surface area contributed by atoms with Gasteiger partial charge in [-0.25, -0.2) is 19.6 Å². The number of aryl methyl sites for hydroxylation is 1. The fourth-order valence-corrected chi connectivity index (χ4v) is 3.41. The van der Waals surface area contributed by atoms with Crippen LogP contribution in [-0.2, 0) is 19.1 Å². The summed E-state index contributed by atoms with van der Waals surface area (Å²) in [6.45, 7) is 3.73. The highest BCUT2D eigenvalue weighted by atomic mass is 19.4. The minimum Gasteiger partial charge on any atom is -0.441 e. The number of benzene rings is 2. The Hall–Kier alpha value is -4.08. The lowest BCUT2D eigenvalue weighted by atomic mass is 10.0. The first-order valence-electron chi connectivity index (χ1n) is 10.3. The van der Waals surface area contributed by atoms with Crippen molar-refractivity contribution in [3.05, 3.63) is 104 Å². The van der Waals surface area contributed by atoms with Crippen LogP contribution in [0.4, 0.5) is 13.2 Å². The number of rotatable bonds is 6. The third kappa shape index (κ3) is 5.11. The van der Waals surface area contributed by atoms with Gasteiger partial charge in [0.1, 0.15) is 5.76 Å². The molecule has 2 heterocycles. The van der Waals surface area contributed by atoms with Crippen LogP contribution < -0.4 is 11.4 Å². The number of hydrogen-bond donors (Lipinski definition) is 1. The zero-order valence-corrected chi connectivity index (χ0v) is 18.3. The Kier molecular flexibility index (Phi) is 6.14. The summed E-state index contributed by atoms with van der Waals surface area (Å²) in [5.74, 6) is 0.0259. The van der Waals surface area contributed by atoms with Gasteiger partial charge in [-0.1, -0.05) is 30.3 Å². The largest absolute Gasteiger partial charge is 0.441 e. The minimum absolute atomic E-state index is 0.104. The van der Waals surface area contributed by atoms with Gasteiger partial charge in [-0.05, 0) is 54.8 Å². The van der Waals surface area contributed by atoms with Crippen molar-refractivity contribution >= 4 is 5.57 Å². The summed E-state index contributed by atoms with van der Waals surface area (Å²) >= 11 is 0. The van der Waals surface area contributed by atoms with Gasteiger partial charge in [-0.2, -0.15) is 13.2 Å². The van der Waals surface area contributed by atoms with Crippen LogP contribution in [0.15, 0.2) is 73.1 Å². The third-order valence-electron chi connectivity index (χ3n) is 5.30. The van der Waals surface area contributed by atoms with E-state index in [1.165, 1.54) is 12.1 Å². The van der Waals surface area contributed by atoms with Gasteiger partial charge in [0.2, 0.25) is 5.89 Å². The van der Waals surface area contributed by atoms with Crippen LogP contribution in [0.25, 0.3) is 17.0 Å². The Balaban J connectivity index is 1.51. The van der Waals surface area contributed by atoms with Crippen LogP contribution in [0.5, 0.6) is 0 Å². The van der Waals surface area contributed by atoms with Crippen molar-refractivity contribution in [2.24, 2.45) is 0 Å². The van der Waals surface area contributed by atoms with Gasteiger partial charge in [0.05, 0.1) is 17.8 Å². The molecule has 34 heavy (non-hydrogen) atoms. The summed E-state index contributed by atoms with van der Waals surface area (Å²) in [4.78, 5) is 29.2. The van der Waals surface area contributed by atoms with Crippen molar-refractivity contribution in [2.75, 3.05) is 0 Å². The molecule has 0 unspecified atom stereocenters. The SMILES string of the molecule is CC(=CCn1oc(=O)[nH]c1=O)c1cccc(Cc2nc(-c3ccc(C(F)(F)F)cc3)oc2C)c1. The number of nitrogens with one attached hydrogen (secondary N) is 1. The fraction of sp³-hybridized carbons (Fsp3) is 0.208. The summed E-state index contributed by atoms with van der Waals surface area (Å²) in [7, 11) is 0. The summed E-state index contributed by atoms with van der Waals surface area (Å²) < 4.78 is 49.8. The predicted octanol–water partition coefficient (Wildman–Crippen LogP) is 4.81. The van der Waals surface area contributed by atoms with E-state index in [9.17, 15) is 22.8 Å². The highest BCUT2D eigenvalue weighted by molar-refractivity contribution is 5.64. The number of halogens is 3. The number of aromatic nitrogens is 3. The summed E-state index contributed by atoms with van der Waals surface area (Å²) in [5, 5.41) is 0. The smallest absolute Gasteiger partial charge is 0.440 e. The molecule has 0 bridgehead atoms. The molecule has 0 fully saturated rings. The quantitative estimate of drug-likeness (QED) is 0.436. The van der Waals surface area contributed by atoms with Crippen LogP contribution in [-0.4, -0.2) is 14.7 Å². The molecule has 1 N–H and O–H groups in total. The molecule has 0 amide bonds. The van der Waals surface area contributed by atoms with Crippen LogP contribution in [0.3, 0.4) is 0 Å². The maximum Gasteiger partial charge on any atom is 0.440 e. The second kappa shape index (κ2) is 9.05. The van der Waals surface area contributed by atoms with Crippen molar-refractivity contribution in [2.45, 2.75) is 33.0 Å². The van der Waals surface area contributed by atoms with Gasteiger partial charge in [0, 0.05) is 12.0 Å². The van der Waals surface area contributed by atoms with Gasteiger partial charge in [0.25, 0.3) is 0 Å². The molecule has 10 heteroatoms. The van der Waals surface area contributed by atoms with E-state index in [1.54, 1.807) is 13.0 Å². The topological polar surface area (TPSA) is 94.0 Å². The maximum atomic E-state index is 12.8. The van der Waals surface area contributed by atoms with E-state index in [2.05, 4.69) is 4.98 Å². The molecule has 0 saturated carbocycles. The molecular weight excluding hydrogens is 451 g/mol. The fourth-order valence-electron chi connectivity index (χ4n) is 3.41. The standard InChI is InChI=1S/C24H20F3N3O4/c1-14(10-11-30-22(31)29-23(32)34-30)18-5-3-4-16(12-18)13-20-15(2)33-21(28-20)17-6-8-19(9-7-17)24(25,26)27/h3-10,12H,11,13H2,1-2H3,(H,29,31,32). The normalized spacial score (nSPS) is 12.3. The van der Waals surface area contributed by atoms with Gasteiger partial charge in [-0.3, -0.25) is 0 Å².